The van der Waals surface area contributed by atoms with Crippen molar-refractivity contribution in [2.75, 3.05) is 39.3 Å². The maximum absolute atomic E-state index is 12.6. The molecule has 0 aliphatic carbocycles. The number of hydrogen-bond acceptors (Lipinski definition) is 5. The molecule has 2 aromatic carbocycles. The van der Waals surface area contributed by atoms with E-state index in [9.17, 15) is 4.79 Å². The lowest BCUT2D eigenvalue weighted by Crippen LogP contribution is -2.34. The first kappa shape index (κ1) is 20.1. The van der Waals surface area contributed by atoms with E-state index >= 15 is 0 Å². The molecule has 1 amide bonds. The van der Waals surface area contributed by atoms with Crippen LogP contribution >= 0.6 is 23.5 Å². The van der Waals surface area contributed by atoms with Crippen molar-refractivity contribution >= 4 is 29.4 Å². The number of para-hydroxylation sites is 1. The van der Waals surface area contributed by atoms with Crippen LogP contribution in [-0.4, -0.2) is 50.1 Å². The number of nitrogens with zero attached hydrogens (tertiary/aromatic N) is 1. The Hall–Kier alpha value is -1.63. The van der Waals surface area contributed by atoms with Crippen molar-refractivity contribution in [3.8, 4) is 5.75 Å². The molecule has 6 heteroatoms. The van der Waals surface area contributed by atoms with Crippen molar-refractivity contribution in [3.05, 3.63) is 65.2 Å². The highest BCUT2D eigenvalue weighted by Gasteiger charge is 2.20. The van der Waals surface area contributed by atoms with Crippen LogP contribution in [0.5, 0.6) is 5.75 Å². The number of nitrogens with one attached hydrogen (secondary N) is 1. The Kier molecular flexibility index (Phi) is 7.10. The minimum Gasteiger partial charge on any atom is -0.496 e. The van der Waals surface area contributed by atoms with Gasteiger partial charge >= 0.3 is 0 Å². The average Bonchev–Trinajstić information content (AvgIpc) is 3.23. The molecule has 1 aliphatic rings. The molecule has 27 heavy (non-hydrogen) atoms. The number of carbonyl (C=O) groups excluding carboxylic acids is 1. The highest BCUT2D eigenvalue weighted by molar-refractivity contribution is 8.19. The predicted octanol–water partition coefficient (Wildman–Crippen LogP) is 4.21. The molecule has 1 atom stereocenters. The van der Waals surface area contributed by atoms with Crippen LogP contribution in [0.3, 0.4) is 0 Å². The van der Waals surface area contributed by atoms with Crippen LogP contribution in [0.4, 0.5) is 0 Å². The van der Waals surface area contributed by atoms with Crippen LogP contribution in [0.25, 0.3) is 0 Å². The summed E-state index contributed by atoms with van der Waals surface area (Å²) in [6.07, 6.45) is 0. The van der Waals surface area contributed by atoms with Crippen molar-refractivity contribution in [2.24, 2.45) is 0 Å². The van der Waals surface area contributed by atoms with Crippen LogP contribution in [0.2, 0.25) is 0 Å². The second-order valence-electron chi connectivity index (χ2n) is 6.63. The molecule has 1 saturated heterocycles. The van der Waals surface area contributed by atoms with Gasteiger partial charge in [0.25, 0.3) is 5.91 Å². The van der Waals surface area contributed by atoms with Crippen LogP contribution in [0, 0.1) is 0 Å². The van der Waals surface area contributed by atoms with Gasteiger partial charge in [-0.05, 0) is 37.9 Å². The van der Waals surface area contributed by atoms with Gasteiger partial charge in [-0.3, -0.25) is 4.79 Å². The van der Waals surface area contributed by atoms with Gasteiger partial charge in [-0.15, -0.1) is 23.5 Å². The van der Waals surface area contributed by atoms with Gasteiger partial charge in [0.2, 0.25) is 0 Å². The molecular weight excluding hydrogens is 376 g/mol. The number of thioether (sulfide) groups is 2. The zero-order valence-electron chi connectivity index (χ0n) is 16.0. The molecule has 0 bridgehead atoms. The summed E-state index contributed by atoms with van der Waals surface area (Å²) in [4.78, 5) is 14.7. The van der Waals surface area contributed by atoms with E-state index < -0.39 is 0 Å². The zero-order chi connectivity index (χ0) is 19.2. The van der Waals surface area contributed by atoms with Gasteiger partial charge in [-0.25, -0.2) is 0 Å². The van der Waals surface area contributed by atoms with E-state index in [0.717, 1.165) is 11.3 Å². The van der Waals surface area contributed by atoms with E-state index in [1.165, 1.54) is 17.1 Å². The molecular formula is C21H26N2O2S2. The summed E-state index contributed by atoms with van der Waals surface area (Å²) < 4.78 is 5.99. The van der Waals surface area contributed by atoms with Gasteiger partial charge in [0.05, 0.1) is 17.7 Å². The Morgan fingerprint density at radius 1 is 1.15 bits per heavy atom. The minimum atomic E-state index is -0.0463. The highest BCUT2D eigenvalue weighted by Crippen LogP contribution is 2.45. The Morgan fingerprint density at radius 2 is 1.81 bits per heavy atom. The maximum Gasteiger partial charge on any atom is 0.251 e. The minimum absolute atomic E-state index is 0.0377. The molecule has 1 aliphatic heterocycles. The Morgan fingerprint density at radius 3 is 2.44 bits per heavy atom. The molecule has 0 spiro atoms. The lowest BCUT2D eigenvalue weighted by atomic mass is 10.0. The standard InChI is InChI=1S/C21H26N2O2S2/c1-23(2)18(17-6-4-5-7-19(17)25-3)14-22-20(24)15-8-10-16(11-9-15)21-26-12-13-27-21/h4-11,18,21H,12-14H2,1-3H3,(H,22,24). The number of amides is 1. The maximum atomic E-state index is 12.6. The summed E-state index contributed by atoms with van der Waals surface area (Å²) in [5.41, 5.74) is 3.06. The quantitative estimate of drug-likeness (QED) is 0.751. The fraction of sp³-hybridized carbons (Fsp3) is 0.381. The summed E-state index contributed by atoms with van der Waals surface area (Å²) in [6.45, 7) is 0.516. The number of likely N-dealkylation sites (N-methyl/N-ethyl adjacent to an activating group) is 1. The van der Waals surface area contributed by atoms with E-state index in [-0.39, 0.29) is 11.9 Å². The van der Waals surface area contributed by atoms with Crippen molar-refractivity contribution in [1.82, 2.24) is 10.2 Å². The number of carbonyl (C=O) groups is 1. The van der Waals surface area contributed by atoms with Gasteiger partial charge in [0.15, 0.2) is 0 Å². The molecule has 3 rings (SSSR count). The van der Waals surface area contributed by atoms with Crippen LogP contribution in [0.1, 0.15) is 32.1 Å². The molecule has 4 nitrogen and oxygen atoms in total. The normalized spacial score (nSPS) is 15.7. The number of ether oxygens (including phenoxy) is 1. The largest absolute Gasteiger partial charge is 0.496 e. The van der Waals surface area contributed by atoms with E-state index in [2.05, 4.69) is 22.3 Å². The number of hydrogen-bond donors (Lipinski definition) is 1. The highest BCUT2D eigenvalue weighted by atomic mass is 32.2. The molecule has 1 N–H and O–H groups in total. The van der Waals surface area contributed by atoms with Gasteiger partial charge in [-0.2, -0.15) is 0 Å². The second kappa shape index (κ2) is 9.53. The van der Waals surface area contributed by atoms with Crippen molar-refractivity contribution in [3.63, 3.8) is 0 Å². The van der Waals surface area contributed by atoms with Gasteiger partial charge in [-0.1, -0.05) is 30.3 Å². The molecule has 0 aromatic heterocycles. The third-order valence-electron chi connectivity index (χ3n) is 4.64. The molecule has 0 radical (unpaired) electrons. The smallest absolute Gasteiger partial charge is 0.251 e. The fourth-order valence-corrected chi connectivity index (χ4v) is 6.01. The SMILES string of the molecule is COc1ccccc1C(CNC(=O)c1ccc(C2SCCS2)cc1)N(C)C. The molecule has 2 aromatic rings. The van der Waals surface area contributed by atoms with Gasteiger partial charge in [0.1, 0.15) is 5.75 Å². The van der Waals surface area contributed by atoms with Gasteiger partial charge < -0.3 is 15.0 Å². The average molecular weight is 403 g/mol. The Balaban J connectivity index is 1.65. The molecule has 1 unspecified atom stereocenters. The number of methoxy groups -OCH3 is 1. The number of rotatable bonds is 7. The van der Waals surface area contributed by atoms with Crippen molar-refractivity contribution in [1.29, 1.82) is 0 Å². The Labute approximate surface area is 170 Å². The summed E-state index contributed by atoms with van der Waals surface area (Å²) in [6, 6.07) is 16.0. The van der Waals surface area contributed by atoms with Crippen LogP contribution < -0.4 is 10.1 Å². The van der Waals surface area contributed by atoms with E-state index in [4.69, 9.17) is 4.74 Å². The first-order chi connectivity index (χ1) is 13.1. The lowest BCUT2D eigenvalue weighted by molar-refractivity contribution is 0.0941. The third kappa shape index (κ3) is 5.00. The molecule has 144 valence electrons. The van der Waals surface area contributed by atoms with E-state index in [1.54, 1.807) is 7.11 Å². The topological polar surface area (TPSA) is 41.6 Å². The first-order valence-corrected chi connectivity index (χ1v) is 11.1. The van der Waals surface area contributed by atoms with E-state index in [1.807, 2.05) is 74.0 Å². The first-order valence-electron chi connectivity index (χ1n) is 9.01. The fourth-order valence-electron chi connectivity index (χ4n) is 3.15. The molecule has 0 saturated carbocycles. The summed E-state index contributed by atoms with van der Waals surface area (Å²) >= 11 is 3.95. The van der Waals surface area contributed by atoms with E-state index in [0.29, 0.717) is 16.7 Å². The summed E-state index contributed by atoms with van der Waals surface area (Å²) in [7, 11) is 5.69. The number of benzene rings is 2. The van der Waals surface area contributed by atoms with Crippen LogP contribution in [0.15, 0.2) is 48.5 Å². The Bertz CT molecular complexity index is 759. The summed E-state index contributed by atoms with van der Waals surface area (Å²) in [5, 5.41) is 3.07. The molecule has 1 fully saturated rings. The van der Waals surface area contributed by atoms with Crippen molar-refractivity contribution in [2.45, 2.75) is 10.6 Å². The third-order valence-corrected chi connectivity index (χ3v) is 7.75. The second-order valence-corrected chi connectivity index (χ2v) is 9.35. The van der Waals surface area contributed by atoms with Crippen molar-refractivity contribution < 1.29 is 9.53 Å². The zero-order valence-corrected chi connectivity index (χ0v) is 17.6. The van der Waals surface area contributed by atoms with Gasteiger partial charge in [0, 0.05) is 29.2 Å². The summed E-state index contributed by atoms with van der Waals surface area (Å²) in [5.74, 6) is 3.19. The van der Waals surface area contributed by atoms with Crippen LogP contribution in [-0.2, 0) is 0 Å². The monoisotopic (exact) mass is 402 g/mol. The molecule has 1 heterocycles. The predicted molar refractivity (Wildman–Crippen MR) is 116 cm³/mol. The lowest BCUT2D eigenvalue weighted by Gasteiger charge is -2.26.